The number of aromatic nitrogens is 1. The molecule has 1 aromatic heterocycles. The van der Waals surface area contributed by atoms with E-state index in [4.69, 9.17) is 5.73 Å². The fourth-order valence-corrected chi connectivity index (χ4v) is 2.11. The van der Waals surface area contributed by atoms with Gasteiger partial charge >= 0.3 is 0 Å². The lowest BCUT2D eigenvalue weighted by molar-refractivity contribution is -0.384. The molecule has 19 heavy (non-hydrogen) atoms. The lowest BCUT2D eigenvalue weighted by Gasteiger charge is -2.04. The van der Waals surface area contributed by atoms with E-state index in [1.165, 1.54) is 23.5 Å². The second-order valence-corrected chi connectivity index (χ2v) is 4.63. The van der Waals surface area contributed by atoms with Gasteiger partial charge in [-0.25, -0.2) is 4.98 Å². The van der Waals surface area contributed by atoms with E-state index >= 15 is 0 Å². The average Bonchev–Trinajstić information content (AvgIpc) is 2.74. The number of nitro groups is 1. The van der Waals surface area contributed by atoms with E-state index in [0.717, 1.165) is 11.8 Å². The highest BCUT2D eigenvalue weighted by molar-refractivity contribution is 7.13. The highest BCUT2D eigenvalue weighted by Gasteiger charge is 2.16. The van der Waals surface area contributed by atoms with Crippen LogP contribution in [0.5, 0.6) is 0 Å². The molecule has 0 unspecified atom stereocenters. The third-order valence-electron chi connectivity index (χ3n) is 2.33. The molecule has 98 valence electrons. The Balaban J connectivity index is 2.27. The largest absolute Gasteiger partial charge is 0.398 e. The molecule has 8 heteroatoms. The molecule has 0 aliphatic rings. The van der Waals surface area contributed by atoms with Crippen molar-refractivity contribution in [3.8, 4) is 0 Å². The zero-order valence-electron chi connectivity index (χ0n) is 9.91. The van der Waals surface area contributed by atoms with E-state index in [0.29, 0.717) is 5.13 Å². The van der Waals surface area contributed by atoms with Crippen LogP contribution in [0.2, 0.25) is 0 Å². The van der Waals surface area contributed by atoms with Gasteiger partial charge in [0.1, 0.15) is 0 Å². The van der Waals surface area contributed by atoms with E-state index in [1.54, 1.807) is 12.3 Å². The number of non-ortho nitro benzene ring substituents is 1. The number of hydrogen-bond donors (Lipinski definition) is 2. The molecule has 2 rings (SSSR count). The summed E-state index contributed by atoms with van der Waals surface area (Å²) in [5, 5.41) is 15.4. The molecule has 1 aromatic carbocycles. The maximum atomic E-state index is 12.0. The lowest BCUT2D eigenvalue weighted by Crippen LogP contribution is -2.14. The van der Waals surface area contributed by atoms with E-state index in [9.17, 15) is 14.9 Å². The summed E-state index contributed by atoms with van der Waals surface area (Å²) in [5.41, 5.74) is 6.48. The summed E-state index contributed by atoms with van der Waals surface area (Å²) in [7, 11) is 0. The summed E-state index contributed by atoms with van der Waals surface area (Å²) in [6.45, 7) is 1.80. The Kier molecular flexibility index (Phi) is 3.43. The number of nitro benzene ring substituents is 1. The van der Waals surface area contributed by atoms with Crippen molar-refractivity contribution in [1.82, 2.24) is 4.98 Å². The molecule has 0 radical (unpaired) electrons. The first-order valence-corrected chi connectivity index (χ1v) is 6.12. The number of aryl methyl sites for hydroxylation is 1. The Morgan fingerprint density at radius 2 is 2.26 bits per heavy atom. The minimum absolute atomic E-state index is 0.0575. The Hall–Kier alpha value is -2.48. The van der Waals surface area contributed by atoms with Crippen molar-refractivity contribution in [3.63, 3.8) is 0 Å². The number of carbonyl (C=O) groups is 1. The van der Waals surface area contributed by atoms with Gasteiger partial charge in [0, 0.05) is 23.2 Å². The van der Waals surface area contributed by atoms with Crippen LogP contribution in [0.4, 0.5) is 16.5 Å². The molecule has 0 saturated carbocycles. The number of nitrogen functional groups attached to an aromatic ring is 1. The smallest absolute Gasteiger partial charge is 0.270 e. The van der Waals surface area contributed by atoms with Crippen molar-refractivity contribution >= 4 is 33.8 Å². The summed E-state index contributed by atoms with van der Waals surface area (Å²) in [5.74, 6) is -0.518. The van der Waals surface area contributed by atoms with Crippen molar-refractivity contribution in [3.05, 3.63) is 45.0 Å². The van der Waals surface area contributed by atoms with Crippen LogP contribution in [-0.2, 0) is 0 Å². The Labute approximate surface area is 112 Å². The third-order valence-corrected chi connectivity index (χ3v) is 3.21. The molecule has 0 saturated heterocycles. The highest BCUT2D eigenvalue weighted by atomic mass is 32.1. The van der Waals surface area contributed by atoms with Crippen molar-refractivity contribution in [2.75, 3.05) is 11.1 Å². The maximum absolute atomic E-state index is 12.0. The average molecular weight is 278 g/mol. The van der Waals surface area contributed by atoms with Crippen LogP contribution < -0.4 is 11.1 Å². The van der Waals surface area contributed by atoms with Crippen LogP contribution in [0.25, 0.3) is 0 Å². The van der Waals surface area contributed by atoms with Gasteiger partial charge in [0.05, 0.1) is 16.2 Å². The van der Waals surface area contributed by atoms with Crippen LogP contribution in [0.15, 0.2) is 23.6 Å². The first kappa shape index (κ1) is 13.0. The number of nitrogens with zero attached hydrogens (tertiary/aromatic N) is 2. The molecule has 1 heterocycles. The van der Waals surface area contributed by atoms with E-state index in [-0.39, 0.29) is 16.9 Å². The predicted molar refractivity (Wildman–Crippen MR) is 72.3 cm³/mol. The SMILES string of the molecule is Cc1csc(NC(=O)c2cc([N+](=O)[O-])ccc2N)n1. The minimum atomic E-state index is -0.580. The quantitative estimate of drug-likeness (QED) is 0.508. The Morgan fingerprint density at radius 3 is 2.84 bits per heavy atom. The minimum Gasteiger partial charge on any atom is -0.398 e. The monoisotopic (exact) mass is 278 g/mol. The number of thiazole rings is 1. The molecule has 2 aromatic rings. The number of nitrogens with two attached hydrogens (primary N) is 1. The van der Waals surface area contributed by atoms with Gasteiger partial charge in [-0.05, 0) is 13.0 Å². The van der Waals surface area contributed by atoms with Gasteiger partial charge in [-0.2, -0.15) is 0 Å². The second kappa shape index (κ2) is 5.02. The molecular formula is C11H10N4O3S. The normalized spacial score (nSPS) is 10.2. The lowest BCUT2D eigenvalue weighted by atomic mass is 10.1. The van der Waals surface area contributed by atoms with Crippen LogP contribution in [0, 0.1) is 17.0 Å². The van der Waals surface area contributed by atoms with Crippen molar-refractivity contribution in [1.29, 1.82) is 0 Å². The molecule has 1 amide bonds. The van der Waals surface area contributed by atoms with Crippen molar-refractivity contribution in [2.24, 2.45) is 0 Å². The van der Waals surface area contributed by atoms with Crippen LogP contribution in [-0.4, -0.2) is 15.8 Å². The van der Waals surface area contributed by atoms with E-state index in [1.807, 2.05) is 0 Å². The van der Waals surface area contributed by atoms with Crippen LogP contribution in [0.3, 0.4) is 0 Å². The topological polar surface area (TPSA) is 111 Å². The van der Waals surface area contributed by atoms with Gasteiger partial charge in [0.15, 0.2) is 5.13 Å². The van der Waals surface area contributed by atoms with Gasteiger partial charge in [0.2, 0.25) is 0 Å². The molecular weight excluding hydrogens is 268 g/mol. The molecule has 7 nitrogen and oxygen atoms in total. The first-order valence-electron chi connectivity index (χ1n) is 5.25. The highest BCUT2D eigenvalue weighted by Crippen LogP contribution is 2.22. The van der Waals surface area contributed by atoms with Gasteiger partial charge < -0.3 is 5.73 Å². The van der Waals surface area contributed by atoms with Gasteiger partial charge in [-0.15, -0.1) is 11.3 Å². The molecule has 0 fully saturated rings. The Bertz CT molecular complexity index is 653. The predicted octanol–water partition coefficient (Wildman–Crippen LogP) is 2.19. The molecule has 0 aliphatic heterocycles. The van der Waals surface area contributed by atoms with Crippen LogP contribution >= 0.6 is 11.3 Å². The van der Waals surface area contributed by atoms with Gasteiger partial charge in [-0.1, -0.05) is 0 Å². The standard InChI is InChI=1S/C11H10N4O3S/c1-6-5-19-11(13-6)14-10(16)8-4-7(15(17)18)2-3-9(8)12/h2-5H,12H2,1H3,(H,13,14,16). The summed E-state index contributed by atoms with van der Waals surface area (Å²) in [4.78, 5) is 26.1. The zero-order valence-corrected chi connectivity index (χ0v) is 10.7. The number of nitrogens with one attached hydrogen (secondary N) is 1. The number of amides is 1. The van der Waals surface area contributed by atoms with Crippen molar-refractivity contribution in [2.45, 2.75) is 6.92 Å². The molecule has 0 bridgehead atoms. The molecule has 0 aliphatic carbocycles. The number of carbonyl (C=O) groups excluding carboxylic acids is 1. The number of benzene rings is 1. The third kappa shape index (κ3) is 2.86. The Morgan fingerprint density at radius 1 is 1.53 bits per heavy atom. The van der Waals surface area contributed by atoms with Gasteiger partial charge in [-0.3, -0.25) is 20.2 Å². The number of rotatable bonds is 3. The van der Waals surface area contributed by atoms with Crippen LogP contribution in [0.1, 0.15) is 16.1 Å². The van der Waals surface area contributed by atoms with E-state index < -0.39 is 10.8 Å². The van der Waals surface area contributed by atoms with Gasteiger partial charge in [0.25, 0.3) is 11.6 Å². The second-order valence-electron chi connectivity index (χ2n) is 3.78. The summed E-state index contributed by atoms with van der Waals surface area (Å²) >= 11 is 1.27. The zero-order chi connectivity index (χ0) is 14.0. The first-order chi connectivity index (χ1) is 8.97. The maximum Gasteiger partial charge on any atom is 0.270 e. The fraction of sp³-hybridized carbons (Fsp3) is 0.0909. The molecule has 0 spiro atoms. The van der Waals surface area contributed by atoms with E-state index in [2.05, 4.69) is 10.3 Å². The number of hydrogen-bond acceptors (Lipinski definition) is 6. The fourth-order valence-electron chi connectivity index (χ4n) is 1.43. The summed E-state index contributed by atoms with van der Waals surface area (Å²) in [6, 6.07) is 3.73. The summed E-state index contributed by atoms with van der Waals surface area (Å²) < 4.78 is 0. The molecule has 3 N–H and O–H groups in total. The van der Waals surface area contributed by atoms with Crippen molar-refractivity contribution < 1.29 is 9.72 Å². The number of anilines is 2. The summed E-state index contributed by atoms with van der Waals surface area (Å²) in [6.07, 6.45) is 0. The molecule has 0 atom stereocenters.